The molecule has 0 spiro atoms. The summed E-state index contributed by atoms with van der Waals surface area (Å²) >= 11 is 0. The Morgan fingerprint density at radius 1 is 1.11 bits per heavy atom. The summed E-state index contributed by atoms with van der Waals surface area (Å²) in [6, 6.07) is 3.04. The average Bonchev–Trinajstić information content (AvgIpc) is 2.27. The van der Waals surface area contributed by atoms with Crippen LogP contribution in [0.5, 0.6) is 0 Å². The van der Waals surface area contributed by atoms with Crippen LogP contribution in [0.4, 0.5) is 5.69 Å². The van der Waals surface area contributed by atoms with E-state index in [0.29, 0.717) is 12.1 Å². The highest BCUT2D eigenvalue weighted by Crippen LogP contribution is 2.35. The number of anilines is 1. The van der Waals surface area contributed by atoms with Gasteiger partial charge in [-0.15, -0.1) is 0 Å². The molecule has 0 radical (unpaired) electrons. The number of nitrogens with one attached hydrogen (secondary N) is 1. The summed E-state index contributed by atoms with van der Waals surface area (Å²) in [4.78, 5) is 10.8. The van der Waals surface area contributed by atoms with E-state index in [9.17, 15) is 13.2 Å². The first-order valence-corrected chi connectivity index (χ1v) is 8.32. The van der Waals surface area contributed by atoms with E-state index in [0.717, 1.165) is 11.1 Å². The van der Waals surface area contributed by atoms with Gasteiger partial charge in [-0.1, -0.05) is 27.7 Å². The van der Waals surface area contributed by atoms with E-state index in [2.05, 4.69) is 5.32 Å². The number of rotatable bonds is 5. The fourth-order valence-electron chi connectivity index (χ4n) is 1.94. The van der Waals surface area contributed by atoms with E-state index in [1.54, 1.807) is 0 Å². The van der Waals surface area contributed by atoms with Gasteiger partial charge in [0.25, 0.3) is 9.05 Å². The molecule has 0 atom stereocenters. The van der Waals surface area contributed by atoms with Crippen molar-refractivity contribution in [2.24, 2.45) is 0 Å². The quantitative estimate of drug-likeness (QED) is 0.669. The highest BCUT2D eigenvalue weighted by Gasteiger charge is 2.20. The van der Waals surface area contributed by atoms with Crippen LogP contribution in [-0.2, 0) is 13.8 Å². The number of carbonyl (C=O) groups is 1. The van der Waals surface area contributed by atoms with E-state index >= 15 is 0 Å². The summed E-state index contributed by atoms with van der Waals surface area (Å²) in [5, 5.41) is 2.67. The van der Waals surface area contributed by atoms with Gasteiger partial charge in [-0.05, 0) is 35.1 Å². The van der Waals surface area contributed by atoms with E-state index in [1.165, 1.54) is 12.1 Å². The van der Waals surface area contributed by atoms with Gasteiger partial charge in [-0.25, -0.2) is 8.42 Å². The Morgan fingerprint density at radius 2 is 1.53 bits per heavy atom. The molecule has 0 saturated carbocycles. The van der Waals surface area contributed by atoms with Crippen molar-refractivity contribution >= 4 is 31.8 Å². The third kappa shape index (κ3) is 3.70. The molecule has 4 nitrogen and oxygen atoms in total. The zero-order chi connectivity index (χ0) is 14.8. The smallest absolute Gasteiger partial charge is 0.261 e. The van der Waals surface area contributed by atoms with Crippen molar-refractivity contribution < 1.29 is 13.2 Å². The number of benzene rings is 1. The number of hydrogen-bond donors (Lipinski definition) is 1. The van der Waals surface area contributed by atoms with Crippen LogP contribution in [0.1, 0.15) is 50.7 Å². The van der Waals surface area contributed by atoms with Gasteiger partial charge < -0.3 is 5.32 Å². The Bertz CT molecular complexity index is 551. The van der Waals surface area contributed by atoms with Crippen molar-refractivity contribution in [1.82, 2.24) is 0 Å². The Balaban J connectivity index is 3.67. The summed E-state index contributed by atoms with van der Waals surface area (Å²) in [6.45, 7) is 7.72. The lowest BCUT2D eigenvalue weighted by atomic mass is 9.92. The van der Waals surface area contributed by atoms with Crippen LogP contribution >= 0.6 is 10.7 Å². The van der Waals surface area contributed by atoms with Gasteiger partial charge in [0.15, 0.2) is 0 Å². The summed E-state index contributed by atoms with van der Waals surface area (Å²) in [7, 11) is 1.63. The molecule has 0 aromatic heterocycles. The van der Waals surface area contributed by atoms with Crippen molar-refractivity contribution in [3.63, 3.8) is 0 Å². The van der Waals surface area contributed by atoms with Crippen molar-refractivity contribution in [3.8, 4) is 0 Å². The number of amides is 1. The normalized spacial score (nSPS) is 11.9. The molecule has 0 bridgehead atoms. The Labute approximate surface area is 118 Å². The third-order valence-corrected chi connectivity index (χ3v) is 4.23. The van der Waals surface area contributed by atoms with Crippen LogP contribution in [0.25, 0.3) is 0 Å². The molecule has 1 N–H and O–H groups in total. The van der Waals surface area contributed by atoms with Gasteiger partial charge in [0, 0.05) is 16.4 Å². The van der Waals surface area contributed by atoms with Crippen molar-refractivity contribution in [1.29, 1.82) is 0 Å². The Kier molecular flexibility index (Phi) is 4.98. The van der Waals surface area contributed by atoms with Crippen molar-refractivity contribution in [2.75, 3.05) is 5.32 Å². The Morgan fingerprint density at radius 3 is 1.79 bits per heavy atom. The first kappa shape index (κ1) is 16.0. The molecule has 19 heavy (non-hydrogen) atoms. The molecule has 0 fully saturated rings. The maximum atomic E-state index is 11.5. The zero-order valence-corrected chi connectivity index (χ0v) is 13.0. The highest BCUT2D eigenvalue weighted by molar-refractivity contribution is 8.13. The maximum absolute atomic E-state index is 11.5. The molecule has 0 aliphatic rings. The largest absolute Gasteiger partial charge is 0.328 e. The van der Waals surface area contributed by atoms with E-state index in [-0.39, 0.29) is 16.7 Å². The second kappa shape index (κ2) is 5.92. The molecule has 1 rings (SSSR count). The van der Waals surface area contributed by atoms with Gasteiger partial charge in [0.2, 0.25) is 6.41 Å². The maximum Gasteiger partial charge on any atom is 0.261 e. The predicted octanol–water partition coefficient (Wildman–Crippen LogP) is 3.43. The van der Waals surface area contributed by atoms with Crippen LogP contribution in [0.15, 0.2) is 17.0 Å². The molecule has 0 heterocycles. The minimum atomic E-state index is -3.79. The fourth-order valence-corrected chi connectivity index (χ4v) is 2.74. The first-order chi connectivity index (χ1) is 8.68. The number of halogens is 1. The molecule has 1 aromatic rings. The topological polar surface area (TPSA) is 63.2 Å². The van der Waals surface area contributed by atoms with Gasteiger partial charge in [-0.2, -0.15) is 0 Å². The minimum absolute atomic E-state index is 0.0676. The predicted molar refractivity (Wildman–Crippen MR) is 77.3 cm³/mol. The fraction of sp³-hybridized carbons (Fsp3) is 0.462. The zero-order valence-electron chi connectivity index (χ0n) is 11.4. The van der Waals surface area contributed by atoms with Crippen LogP contribution < -0.4 is 5.32 Å². The molecular formula is C13H18ClNO3S. The van der Waals surface area contributed by atoms with E-state index in [4.69, 9.17) is 10.7 Å². The van der Waals surface area contributed by atoms with Gasteiger partial charge in [0.05, 0.1) is 4.90 Å². The summed E-state index contributed by atoms with van der Waals surface area (Å²) < 4.78 is 23.1. The molecule has 0 aliphatic carbocycles. The lowest BCUT2D eigenvalue weighted by Crippen LogP contribution is -2.08. The second-order valence-electron chi connectivity index (χ2n) is 4.99. The lowest BCUT2D eigenvalue weighted by molar-refractivity contribution is -0.105. The van der Waals surface area contributed by atoms with Gasteiger partial charge >= 0.3 is 0 Å². The molecule has 0 aliphatic heterocycles. The number of carbonyl (C=O) groups excluding carboxylic acids is 1. The third-order valence-electron chi connectivity index (χ3n) is 2.90. The molecule has 0 saturated heterocycles. The van der Waals surface area contributed by atoms with Gasteiger partial charge in [0.1, 0.15) is 0 Å². The van der Waals surface area contributed by atoms with Crippen LogP contribution in [0, 0.1) is 0 Å². The van der Waals surface area contributed by atoms with Crippen LogP contribution in [0.3, 0.4) is 0 Å². The standard InChI is InChI=1S/C13H18ClNO3S/c1-8(2)11-5-10(19(14,17)18)6-12(9(3)4)13(11)15-7-16/h5-9H,1-4H3,(H,15,16). The minimum Gasteiger partial charge on any atom is -0.328 e. The average molecular weight is 304 g/mol. The molecule has 0 unspecified atom stereocenters. The number of hydrogen-bond acceptors (Lipinski definition) is 3. The van der Waals surface area contributed by atoms with Crippen LogP contribution in [0.2, 0.25) is 0 Å². The Hall–Kier alpha value is -1.07. The van der Waals surface area contributed by atoms with E-state index < -0.39 is 9.05 Å². The summed E-state index contributed by atoms with van der Waals surface area (Å²) in [5.41, 5.74) is 2.19. The molecule has 1 aromatic carbocycles. The second-order valence-corrected chi connectivity index (χ2v) is 7.55. The van der Waals surface area contributed by atoms with E-state index in [1.807, 2.05) is 27.7 Å². The first-order valence-electron chi connectivity index (χ1n) is 6.01. The molecule has 6 heteroatoms. The van der Waals surface area contributed by atoms with Gasteiger partial charge in [-0.3, -0.25) is 4.79 Å². The summed E-state index contributed by atoms with van der Waals surface area (Å²) in [6.07, 6.45) is 0.599. The highest BCUT2D eigenvalue weighted by atomic mass is 35.7. The molecular weight excluding hydrogens is 286 g/mol. The molecule has 106 valence electrons. The molecule has 1 amide bonds. The summed E-state index contributed by atoms with van der Waals surface area (Å²) in [5.74, 6) is 0.136. The van der Waals surface area contributed by atoms with Crippen molar-refractivity contribution in [2.45, 2.75) is 44.4 Å². The van der Waals surface area contributed by atoms with Crippen LogP contribution in [-0.4, -0.2) is 14.8 Å². The SMILES string of the molecule is CC(C)c1cc(S(=O)(=O)Cl)cc(C(C)C)c1NC=O. The lowest BCUT2D eigenvalue weighted by Gasteiger charge is -2.19. The van der Waals surface area contributed by atoms with Crippen molar-refractivity contribution in [3.05, 3.63) is 23.3 Å². The monoisotopic (exact) mass is 303 g/mol.